The highest BCUT2D eigenvalue weighted by Gasteiger charge is 2.10. The molecule has 5 heteroatoms. The fraction of sp³-hybridized carbons (Fsp3) is 0.211. The Morgan fingerprint density at radius 2 is 1.79 bits per heavy atom. The quantitative estimate of drug-likeness (QED) is 0.585. The maximum Gasteiger partial charge on any atom is 0.306 e. The van der Waals surface area contributed by atoms with E-state index >= 15 is 0 Å². The van der Waals surface area contributed by atoms with Gasteiger partial charge in [-0.2, -0.15) is 0 Å². The third-order valence-corrected chi connectivity index (χ3v) is 4.65. The molecule has 0 aliphatic rings. The standard InChI is InChI=1S/C19H17Cl2NO2/c20-16-7-4-8-17(21)15(16)12-24-19(23)10-3-5-13-11-22-18-9-2-1-6-14(13)18/h1-2,4,6-9,11,22H,3,5,10,12H2. The zero-order valence-electron chi connectivity index (χ0n) is 13.0. The third-order valence-electron chi connectivity index (χ3n) is 3.94. The van der Waals surface area contributed by atoms with Gasteiger partial charge in [0.05, 0.1) is 0 Å². The van der Waals surface area contributed by atoms with Crippen molar-refractivity contribution >= 4 is 40.1 Å². The van der Waals surface area contributed by atoms with Crippen molar-refractivity contribution in [3.05, 3.63) is 69.8 Å². The lowest BCUT2D eigenvalue weighted by atomic mass is 10.1. The number of halogens is 2. The molecule has 3 nitrogen and oxygen atoms in total. The molecule has 3 aromatic rings. The van der Waals surface area contributed by atoms with Crippen molar-refractivity contribution in [2.45, 2.75) is 25.9 Å². The third kappa shape index (κ3) is 3.92. The predicted molar refractivity (Wildman–Crippen MR) is 97.5 cm³/mol. The van der Waals surface area contributed by atoms with Crippen LogP contribution in [0.25, 0.3) is 10.9 Å². The molecule has 0 saturated heterocycles. The number of nitrogens with one attached hydrogen (secondary N) is 1. The number of carbonyl (C=O) groups excluding carboxylic acids is 1. The molecule has 0 bridgehead atoms. The smallest absolute Gasteiger partial charge is 0.306 e. The number of fused-ring (bicyclic) bond motifs is 1. The van der Waals surface area contributed by atoms with E-state index < -0.39 is 0 Å². The monoisotopic (exact) mass is 361 g/mol. The normalized spacial score (nSPS) is 10.9. The summed E-state index contributed by atoms with van der Waals surface area (Å²) in [5.41, 5.74) is 2.97. The van der Waals surface area contributed by atoms with Gasteiger partial charge in [0.1, 0.15) is 6.61 Å². The zero-order chi connectivity index (χ0) is 16.9. The summed E-state index contributed by atoms with van der Waals surface area (Å²) in [6.07, 6.45) is 3.92. The summed E-state index contributed by atoms with van der Waals surface area (Å²) in [6, 6.07) is 13.4. The number of benzene rings is 2. The van der Waals surface area contributed by atoms with Crippen LogP contribution in [0.15, 0.2) is 48.7 Å². The lowest BCUT2D eigenvalue weighted by Gasteiger charge is -2.08. The number of H-pyrrole nitrogens is 1. The van der Waals surface area contributed by atoms with Crippen LogP contribution in [-0.4, -0.2) is 11.0 Å². The van der Waals surface area contributed by atoms with Crippen LogP contribution in [0.4, 0.5) is 0 Å². The van der Waals surface area contributed by atoms with Gasteiger partial charge in [0.2, 0.25) is 0 Å². The van der Waals surface area contributed by atoms with Crippen LogP contribution in [0.1, 0.15) is 24.0 Å². The second kappa shape index (κ2) is 7.73. The molecule has 0 unspecified atom stereocenters. The maximum absolute atomic E-state index is 11.9. The van der Waals surface area contributed by atoms with Gasteiger partial charge in [0.15, 0.2) is 0 Å². The molecular formula is C19H17Cl2NO2. The molecule has 124 valence electrons. The summed E-state index contributed by atoms with van der Waals surface area (Å²) in [6.45, 7) is 0.102. The molecule has 0 aliphatic carbocycles. The molecule has 0 fully saturated rings. The number of aromatic nitrogens is 1. The van der Waals surface area contributed by atoms with E-state index in [9.17, 15) is 4.79 Å². The Morgan fingerprint density at radius 1 is 1.04 bits per heavy atom. The molecule has 2 aromatic carbocycles. The van der Waals surface area contributed by atoms with Crippen molar-refractivity contribution in [1.29, 1.82) is 0 Å². The van der Waals surface area contributed by atoms with Gasteiger partial charge in [-0.3, -0.25) is 4.79 Å². The van der Waals surface area contributed by atoms with Crippen LogP contribution in [0.5, 0.6) is 0 Å². The van der Waals surface area contributed by atoms with Crippen molar-refractivity contribution in [2.75, 3.05) is 0 Å². The van der Waals surface area contributed by atoms with E-state index in [-0.39, 0.29) is 12.6 Å². The number of rotatable bonds is 6. The number of aromatic amines is 1. The lowest BCUT2D eigenvalue weighted by Crippen LogP contribution is -2.05. The number of ether oxygens (including phenoxy) is 1. The summed E-state index contributed by atoms with van der Waals surface area (Å²) >= 11 is 12.1. The molecule has 3 rings (SSSR count). The summed E-state index contributed by atoms with van der Waals surface area (Å²) in [7, 11) is 0. The van der Waals surface area contributed by atoms with E-state index in [1.54, 1.807) is 18.2 Å². The van der Waals surface area contributed by atoms with Crippen LogP contribution < -0.4 is 0 Å². The Labute approximate surface area is 150 Å². The fourth-order valence-corrected chi connectivity index (χ4v) is 3.16. The van der Waals surface area contributed by atoms with Crippen molar-refractivity contribution < 1.29 is 9.53 Å². The topological polar surface area (TPSA) is 42.1 Å². The highest BCUT2D eigenvalue weighted by molar-refractivity contribution is 6.35. The van der Waals surface area contributed by atoms with E-state index in [2.05, 4.69) is 11.1 Å². The molecule has 1 N–H and O–H groups in total. The van der Waals surface area contributed by atoms with Gasteiger partial charge in [-0.1, -0.05) is 47.5 Å². The van der Waals surface area contributed by atoms with Gasteiger partial charge in [-0.25, -0.2) is 0 Å². The Hall–Kier alpha value is -1.97. The van der Waals surface area contributed by atoms with E-state index in [1.807, 2.05) is 24.4 Å². The number of para-hydroxylation sites is 1. The highest BCUT2D eigenvalue weighted by Crippen LogP contribution is 2.25. The predicted octanol–water partition coefficient (Wildman–Crippen LogP) is 5.54. The SMILES string of the molecule is O=C(CCCc1c[nH]c2ccccc12)OCc1c(Cl)cccc1Cl. The van der Waals surface area contributed by atoms with E-state index in [1.165, 1.54) is 10.9 Å². The number of esters is 1. The summed E-state index contributed by atoms with van der Waals surface area (Å²) in [5.74, 6) is -0.245. The summed E-state index contributed by atoms with van der Waals surface area (Å²) in [5, 5.41) is 2.22. The van der Waals surface area contributed by atoms with E-state index in [4.69, 9.17) is 27.9 Å². The largest absolute Gasteiger partial charge is 0.461 e. The molecule has 0 radical (unpaired) electrons. The Bertz CT molecular complexity index is 837. The molecule has 0 saturated carbocycles. The lowest BCUT2D eigenvalue weighted by molar-refractivity contribution is -0.145. The number of hydrogen-bond donors (Lipinski definition) is 1. The molecule has 24 heavy (non-hydrogen) atoms. The molecule has 1 heterocycles. The average molecular weight is 362 g/mol. The number of aryl methyl sites for hydroxylation is 1. The van der Waals surface area contributed by atoms with Crippen LogP contribution in [0.3, 0.4) is 0 Å². The second-order valence-corrected chi connectivity index (χ2v) is 6.39. The minimum atomic E-state index is -0.245. The van der Waals surface area contributed by atoms with Gasteiger partial charge in [-0.15, -0.1) is 0 Å². The van der Waals surface area contributed by atoms with Crippen LogP contribution in [0, 0.1) is 0 Å². The first kappa shape index (κ1) is 16.9. The fourth-order valence-electron chi connectivity index (χ4n) is 2.66. The van der Waals surface area contributed by atoms with Gasteiger partial charge >= 0.3 is 5.97 Å². The molecular weight excluding hydrogens is 345 g/mol. The van der Waals surface area contributed by atoms with E-state index in [0.717, 1.165) is 18.4 Å². The van der Waals surface area contributed by atoms with Crippen molar-refractivity contribution in [1.82, 2.24) is 4.98 Å². The summed E-state index contributed by atoms with van der Waals surface area (Å²) in [4.78, 5) is 15.2. The van der Waals surface area contributed by atoms with Gasteiger partial charge in [0.25, 0.3) is 0 Å². The van der Waals surface area contributed by atoms with E-state index in [0.29, 0.717) is 22.0 Å². The Balaban J connectivity index is 1.49. The van der Waals surface area contributed by atoms with Crippen molar-refractivity contribution in [3.63, 3.8) is 0 Å². The molecule has 0 amide bonds. The molecule has 1 aromatic heterocycles. The maximum atomic E-state index is 11.9. The first-order valence-corrected chi connectivity index (χ1v) is 8.54. The first-order valence-electron chi connectivity index (χ1n) is 7.78. The summed E-state index contributed by atoms with van der Waals surface area (Å²) < 4.78 is 5.28. The van der Waals surface area contributed by atoms with Crippen molar-refractivity contribution in [3.8, 4) is 0 Å². The second-order valence-electron chi connectivity index (χ2n) is 5.57. The highest BCUT2D eigenvalue weighted by atomic mass is 35.5. The molecule has 0 aliphatic heterocycles. The van der Waals surface area contributed by atoms with Crippen LogP contribution in [-0.2, 0) is 22.6 Å². The first-order chi connectivity index (χ1) is 11.6. The Kier molecular flexibility index (Phi) is 5.44. The minimum absolute atomic E-state index is 0.102. The van der Waals surface area contributed by atoms with Gasteiger partial charge < -0.3 is 9.72 Å². The average Bonchev–Trinajstić information content (AvgIpc) is 2.98. The Morgan fingerprint density at radius 3 is 2.58 bits per heavy atom. The van der Waals surface area contributed by atoms with Crippen LogP contribution >= 0.6 is 23.2 Å². The minimum Gasteiger partial charge on any atom is -0.461 e. The van der Waals surface area contributed by atoms with Gasteiger partial charge in [0, 0.05) is 39.1 Å². The van der Waals surface area contributed by atoms with Crippen LogP contribution in [0.2, 0.25) is 10.0 Å². The van der Waals surface area contributed by atoms with Crippen molar-refractivity contribution in [2.24, 2.45) is 0 Å². The van der Waals surface area contributed by atoms with Gasteiger partial charge in [-0.05, 0) is 36.6 Å². The number of carbonyl (C=O) groups is 1. The molecule has 0 atom stereocenters. The number of hydrogen-bond acceptors (Lipinski definition) is 2. The molecule has 0 spiro atoms. The zero-order valence-corrected chi connectivity index (χ0v) is 14.5.